The van der Waals surface area contributed by atoms with E-state index in [9.17, 15) is 4.79 Å². The number of aromatic nitrogens is 4. The Morgan fingerprint density at radius 3 is 2.93 bits per heavy atom. The molecule has 3 aromatic rings. The molecule has 0 aliphatic heterocycles. The predicted molar refractivity (Wildman–Crippen MR) is 104 cm³/mol. The first-order valence-corrected chi connectivity index (χ1v) is 10.0. The fourth-order valence-corrected chi connectivity index (χ4v) is 4.07. The van der Waals surface area contributed by atoms with E-state index < -0.39 is 0 Å². The molecule has 7 heteroatoms. The number of Topliss-reactive ketones (excluding diaryl/α,β-unsaturated/α-hetero) is 1. The Kier molecular flexibility index (Phi) is 5.20. The highest BCUT2D eigenvalue weighted by molar-refractivity contribution is 7.99. The van der Waals surface area contributed by atoms with Crippen LogP contribution in [0, 0.1) is 0 Å². The second-order valence-electron chi connectivity index (χ2n) is 6.32. The molecule has 1 aliphatic carbocycles. The summed E-state index contributed by atoms with van der Waals surface area (Å²) in [6.45, 7) is 2.49. The first-order valence-electron chi connectivity index (χ1n) is 9.04. The molecular formula is C20H20N4O2S. The summed E-state index contributed by atoms with van der Waals surface area (Å²) in [5.41, 5.74) is 4.20. The lowest BCUT2D eigenvalue weighted by molar-refractivity contribution is 0.102. The standard InChI is InChI=1S/C20H20N4O2S/c1-2-26-19-9-4-3-8-17(19)24-20(21-22-23-24)27-13-18(25)16-11-10-14-6-5-7-15(14)12-16/h3-4,8-12H,2,5-7,13H2,1H3. The van der Waals surface area contributed by atoms with Gasteiger partial charge in [-0.05, 0) is 65.9 Å². The molecule has 1 aliphatic rings. The fraction of sp³-hybridized carbons (Fsp3) is 0.300. The topological polar surface area (TPSA) is 69.9 Å². The van der Waals surface area contributed by atoms with E-state index in [1.54, 1.807) is 4.68 Å². The van der Waals surface area contributed by atoms with Crippen molar-refractivity contribution in [2.45, 2.75) is 31.3 Å². The molecule has 0 atom stereocenters. The third kappa shape index (κ3) is 3.73. The van der Waals surface area contributed by atoms with Gasteiger partial charge < -0.3 is 4.74 Å². The Morgan fingerprint density at radius 1 is 1.19 bits per heavy atom. The van der Waals surface area contributed by atoms with Gasteiger partial charge in [0.25, 0.3) is 0 Å². The van der Waals surface area contributed by atoms with Gasteiger partial charge in [-0.25, -0.2) is 0 Å². The smallest absolute Gasteiger partial charge is 0.214 e. The molecule has 0 spiro atoms. The SMILES string of the molecule is CCOc1ccccc1-n1nnnc1SCC(=O)c1ccc2c(c1)CCC2. The van der Waals surface area contributed by atoms with E-state index in [1.807, 2.05) is 43.3 Å². The van der Waals surface area contributed by atoms with Gasteiger partial charge in [-0.2, -0.15) is 4.68 Å². The lowest BCUT2D eigenvalue weighted by atomic mass is 10.0. The highest BCUT2D eigenvalue weighted by Crippen LogP contribution is 2.27. The van der Waals surface area contributed by atoms with Gasteiger partial charge in [0, 0.05) is 5.56 Å². The number of nitrogens with zero attached hydrogens (tertiary/aromatic N) is 4. The average molecular weight is 380 g/mol. The molecule has 6 nitrogen and oxygen atoms in total. The van der Waals surface area contributed by atoms with Crippen LogP contribution in [0.5, 0.6) is 5.75 Å². The Bertz CT molecular complexity index is 970. The van der Waals surface area contributed by atoms with Crippen molar-refractivity contribution in [2.24, 2.45) is 0 Å². The van der Waals surface area contributed by atoms with E-state index in [1.165, 1.54) is 29.3 Å². The zero-order valence-corrected chi connectivity index (χ0v) is 15.9. The van der Waals surface area contributed by atoms with Gasteiger partial charge in [0.1, 0.15) is 11.4 Å². The lowest BCUT2D eigenvalue weighted by Gasteiger charge is -2.10. The lowest BCUT2D eigenvalue weighted by Crippen LogP contribution is -2.07. The number of rotatable bonds is 7. The number of hydrogen-bond donors (Lipinski definition) is 0. The van der Waals surface area contributed by atoms with Crippen LogP contribution in [-0.2, 0) is 12.8 Å². The number of hydrogen-bond acceptors (Lipinski definition) is 6. The van der Waals surface area contributed by atoms with E-state index >= 15 is 0 Å². The minimum absolute atomic E-state index is 0.0855. The number of tetrazole rings is 1. The number of carbonyl (C=O) groups excluding carboxylic acids is 1. The molecule has 0 saturated heterocycles. The Morgan fingerprint density at radius 2 is 2.04 bits per heavy atom. The summed E-state index contributed by atoms with van der Waals surface area (Å²) in [4.78, 5) is 12.6. The summed E-state index contributed by atoms with van der Waals surface area (Å²) >= 11 is 1.33. The predicted octanol–water partition coefficient (Wildman–Crippen LogP) is 3.52. The van der Waals surface area contributed by atoms with Gasteiger partial charge in [0.05, 0.1) is 12.4 Å². The quantitative estimate of drug-likeness (QED) is 0.461. The zero-order chi connectivity index (χ0) is 18.6. The molecule has 0 saturated carbocycles. The van der Waals surface area contributed by atoms with Crippen LogP contribution in [0.15, 0.2) is 47.6 Å². The molecule has 138 valence electrons. The maximum Gasteiger partial charge on any atom is 0.214 e. The summed E-state index contributed by atoms with van der Waals surface area (Å²) in [6, 6.07) is 13.6. The van der Waals surface area contributed by atoms with Crippen LogP contribution in [0.1, 0.15) is 34.8 Å². The summed E-state index contributed by atoms with van der Waals surface area (Å²) < 4.78 is 7.28. The monoisotopic (exact) mass is 380 g/mol. The molecule has 0 fully saturated rings. The van der Waals surface area contributed by atoms with Crippen molar-refractivity contribution < 1.29 is 9.53 Å². The number of para-hydroxylation sites is 2. The molecular weight excluding hydrogens is 360 g/mol. The number of thioether (sulfide) groups is 1. The first-order chi connectivity index (χ1) is 13.3. The molecule has 1 heterocycles. The number of ether oxygens (including phenoxy) is 1. The number of benzene rings is 2. The Hall–Kier alpha value is -2.67. The second-order valence-corrected chi connectivity index (χ2v) is 7.27. The Balaban J connectivity index is 1.50. The molecule has 0 unspecified atom stereocenters. The number of ketones is 1. The van der Waals surface area contributed by atoms with Crippen LogP contribution in [0.2, 0.25) is 0 Å². The molecule has 4 rings (SSSR count). The van der Waals surface area contributed by atoms with Crippen molar-refractivity contribution in [3.63, 3.8) is 0 Å². The van der Waals surface area contributed by atoms with Crippen LogP contribution in [0.25, 0.3) is 5.69 Å². The third-order valence-corrected chi connectivity index (χ3v) is 5.51. The van der Waals surface area contributed by atoms with Gasteiger partial charge in [0.15, 0.2) is 5.78 Å². The third-order valence-electron chi connectivity index (χ3n) is 4.59. The van der Waals surface area contributed by atoms with Gasteiger partial charge in [-0.1, -0.05) is 36.0 Å². The molecule has 0 amide bonds. The van der Waals surface area contributed by atoms with E-state index in [0.717, 1.165) is 24.1 Å². The second kappa shape index (κ2) is 7.92. The number of aryl methyl sites for hydroxylation is 2. The van der Waals surface area contributed by atoms with Crippen LogP contribution in [0.3, 0.4) is 0 Å². The van der Waals surface area contributed by atoms with Crippen LogP contribution >= 0.6 is 11.8 Å². The summed E-state index contributed by atoms with van der Waals surface area (Å²) in [7, 11) is 0. The summed E-state index contributed by atoms with van der Waals surface area (Å²) in [6.07, 6.45) is 3.36. The highest BCUT2D eigenvalue weighted by Gasteiger charge is 2.17. The van der Waals surface area contributed by atoms with E-state index in [0.29, 0.717) is 17.5 Å². The van der Waals surface area contributed by atoms with Gasteiger partial charge in [-0.3, -0.25) is 4.79 Å². The van der Waals surface area contributed by atoms with Gasteiger partial charge in [0.2, 0.25) is 5.16 Å². The molecule has 2 aromatic carbocycles. The maximum atomic E-state index is 12.6. The molecule has 0 N–H and O–H groups in total. The minimum Gasteiger partial charge on any atom is -0.492 e. The van der Waals surface area contributed by atoms with Crippen molar-refractivity contribution in [1.82, 2.24) is 20.2 Å². The van der Waals surface area contributed by atoms with E-state index in [2.05, 4.69) is 21.6 Å². The van der Waals surface area contributed by atoms with E-state index in [4.69, 9.17) is 4.74 Å². The van der Waals surface area contributed by atoms with Crippen molar-refractivity contribution >= 4 is 17.5 Å². The summed E-state index contributed by atoms with van der Waals surface area (Å²) in [5, 5.41) is 12.5. The van der Waals surface area contributed by atoms with Crippen LogP contribution in [-0.4, -0.2) is 38.4 Å². The zero-order valence-electron chi connectivity index (χ0n) is 15.1. The van der Waals surface area contributed by atoms with Crippen molar-refractivity contribution in [2.75, 3.05) is 12.4 Å². The normalized spacial score (nSPS) is 12.8. The van der Waals surface area contributed by atoms with Crippen molar-refractivity contribution in [3.8, 4) is 11.4 Å². The van der Waals surface area contributed by atoms with Crippen LogP contribution < -0.4 is 4.74 Å². The number of fused-ring (bicyclic) bond motifs is 1. The first kappa shape index (κ1) is 17.7. The average Bonchev–Trinajstić information content (AvgIpc) is 3.35. The number of carbonyl (C=O) groups is 1. The largest absolute Gasteiger partial charge is 0.492 e. The highest BCUT2D eigenvalue weighted by atomic mass is 32.2. The van der Waals surface area contributed by atoms with Gasteiger partial charge in [-0.15, -0.1) is 5.10 Å². The molecule has 1 aromatic heterocycles. The van der Waals surface area contributed by atoms with Crippen LogP contribution in [0.4, 0.5) is 0 Å². The van der Waals surface area contributed by atoms with Crippen molar-refractivity contribution in [1.29, 1.82) is 0 Å². The summed E-state index contributed by atoms with van der Waals surface area (Å²) in [5.74, 6) is 1.08. The molecule has 0 bridgehead atoms. The molecule has 27 heavy (non-hydrogen) atoms. The fourth-order valence-electron chi connectivity index (χ4n) is 3.29. The Labute approximate surface area is 161 Å². The minimum atomic E-state index is 0.0855. The van der Waals surface area contributed by atoms with Crippen molar-refractivity contribution in [3.05, 3.63) is 59.2 Å². The molecule has 0 radical (unpaired) electrons. The van der Waals surface area contributed by atoms with Gasteiger partial charge >= 0.3 is 0 Å². The maximum absolute atomic E-state index is 12.6. The van der Waals surface area contributed by atoms with E-state index in [-0.39, 0.29) is 11.5 Å².